The van der Waals surface area contributed by atoms with E-state index < -0.39 is 0 Å². The Kier molecular flexibility index (Phi) is 2.72. The van der Waals surface area contributed by atoms with E-state index in [1.54, 1.807) is 0 Å². The predicted molar refractivity (Wildman–Crippen MR) is 45.1 cm³/mol. The molecule has 0 heterocycles. The molecular weight excluding hydrogens is 211 g/mol. The molecule has 0 radical (unpaired) electrons. The zero-order valence-corrected chi connectivity index (χ0v) is 7.85. The Hall–Kier alpha value is 0.0495. The summed E-state index contributed by atoms with van der Waals surface area (Å²) in [6, 6.07) is 9.84. The van der Waals surface area contributed by atoms with Crippen molar-refractivity contribution in [3.63, 3.8) is 0 Å². The summed E-state index contributed by atoms with van der Waals surface area (Å²) in [7, 11) is -0.341. The van der Waals surface area contributed by atoms with E-state index in [0.717, 1.165) is 4.90 Å². The van der Waals surface area contributed by atoms with Gasteiger partial charge in [-0.3, -0.25) is 0 Å². The maximum atomic E-state index is 6.85. The summed E-state index contributed by atoms with van der Waals surface area (Å²) in [5.74, 6) is 0. The molecule has 54 valence electrons. The molecule has 0 bridgehead atoms. The molecule has 0 aliphatic carbocycles. The quantitative estimate of drug-likeness (QED) is 0.692. The summed E-state index contributed by atoms with van der Waals surface area (Å²) < 4.78 is 11.9. The van der Waals surface area contributed by atoms with Crippen LogP contribution in [-0.4, -0.2) is 21.5 Å². The van der Waals surface area contributed by atoms with Gasteiger partial charge in [-0.2, -0.15) is 0 Å². The van der Waals surface area contributed by atoms with Crippen molar-refractivity contribution in [3.8, 4) is 0 Å². The molecular formula is C7H8OSSe. The van der Waals surface area contributed by atoms with E-state index >= 15 is 0 Å². The first-order valence-corrected chi connectivity index (χ1v) is 5.91. The summed E-state index contributed by atoms with van der Waals surface area (Å²) >= 11 is 2.88. The molecule has 0 fully saturated rings. The SMILES string of the molecule is [2H]COS(=[Se])c1ccccc1. The van der Waals surface area contributed by atoms with Crippen LogP contribution in [0.25, 0.3) is 0 Å². The number of hydrogen-bond acceptors (Lipinski definition) is 1. The molecule has 1 aromatic rings. The van der Waals surface area contributed by atoms with Gasteiger partial charge in [0.25, 0.3) is 0 Å². The van der Waals surface area contributed by atoms with Crippen LogP contribution in [0.15, 0.2) is 35.2 Å². The molecule has 1 unspecified atom stereocenters. The molecule has 0 spiro atoms. The van der Waals surface area contributed by atoms with Crippen LogP contribution in [0.2, 0.25) is 0 Å². The molecule has 0 N–H and O–H groups in total. The zero-order chi connectivity index (χ0) is 8.10. The van der Waals surface area contributed by atoms with Crippen molar-refractivity contribution in [1.82, 2.24) is 0 Å². The van der Waals surface area contributed by atoms with Gasteiger partial charge in [0.2, 0.25) is 0 Å². The van der Waals surface area contributed by atoms with Crippen molar-refractivity contribution in [2.45, 2.75) is 4.90 Å². The van der Waals surface area contributed by atoms with E-state index in [-0.39, 0.29) is 16.2 Å². The fourth-order valence-electron chi connectivity index (χ4n) is 0.600. The Morgan fingerprint density at radius 1 is 1.50 bits per heavy atom. The van der Waals surface area contributed by atoms with E-state index in [1.165, 1.54) is 0 Å². The molecule has 0 aliphatic rings. The molecule has 1 aromatic carbocycles. The monoisotopic (exact) mass is 221 g/mol. The Labute approximate surface area is 71.6 Å². The number of rotatable bonds is 2. The van der Waals surface area contributed by atoms with E-state index in [0.29, 0.717) is 0 Å². The van der Waals surface area contributed by atoms with Gasteiger partial charge < -0.3 is 0 Å². The van der Waals surface area contributed by atoms with Gasteiger partial charge in [-0.25, -0.2) is 0 Å². The van der Waals surface area contributed by atoms with Crippen molar-refractivity contribution in [3.05, 3.63) is 30.3 Å². The van der Waals surface area contributed by atoms with Crippen LogP contribution >= 0.6 is 9.10 Å². The molecule has 0 amide bonds. The van der Waals surface area contributed by atoms with Crippen molar-refractivity contribution < 1.29 is 5.55 Å². The summed E-state index contributed by atoms with van der Waals surface area (Å²) in [6.07, 6.45) is 0. The third-order valence-corrected chi connectivity index (χ3v) is 3.73. The Morgan fingerprint density at radius 3 is 2.80 bits per heavy atom. The van der Waals surface area contributed by atoms with E-state index in [9.17, 15) is 0 Å². The summed E-state index contributed by atoms with van der Waals surface area (Å²) in [5.41, 5.74) is 0. The third kappa shape index (κ3) is 2.03. The average molecular weight is 220 g/mol. The van der Waals surface area contributed by atoms with Crippen LogP contribution in [0.3, 0.4) is 0 Å². The summed E-state index contributed by atoms with van der Waals surface area (Å²) in [4.78, 5) is 1.10. The van der Waals surface area contributed by atoms with Crippen molar-refractivity contribution in [2.24, 2.45) is 0 Å². The third-order valence-electron chi connectivity index (χ3n) is 1.04. The van der Waals surface area contributed by atoms with E-state index in [2.05, 4.69) is 14.4 Å². The van der Waals surface area contributed by atoms with E-state index in [1.807, 2.05) is 30.3 Å². The molecule has 0 aromatic heterocycles. The minimum absolute atomic E-state index is 0.00497. The first-order chi connectivity index (χ1) is 5.34. The van der Waals surface area contributed by atoms with Crippen LogP contribution in [0, 0.1) is 0 Å². The molecule has 1 nitrogen and oxygen atoms in total. The molecule has 1 atom stereocenters. The second-order valence-electron chi connectivity index (χ2n) is 1.67. The van der Waals surface area contributed by atoms with Crippen molar-refractivity contribution in [1.29, 1.82) is 0 Å². The Morgan fingerprint density at radius 2 is 2.20 bits per heavy atom. The van der Waals surface area contributed by atoms with Crippen LogP contribution in [0.4, 0.5) is 0 Å². The normalized spacial score (nSPS) is 14.2. The van der Waals surface area contributed by atoms with Crippen molar-refractivity contribution >= 4 is 23.5 Å². The zero-order valence-electron chi connectivity index (χ0n) is 6.32. The van der Waals surface area contributed by atoms with Gasteiger partial charge in [0.05, 0.1) is 0 Å². The minimum atomic E-state index is -0.346. The van der Waals surface area contributed by atoms with Gasteiger partial charge in [-0.15, -0.1) is 0 Å². The average Bonchev–Trinajstić information content (AvgIpc) is 2.07. The molecule has 10 heavy (non-hydrogen) atoms. The fraction of sp³-hybridized carbons (Fsp3) is 0.143. The van der Waals surface area contributed by atoms with Crippen LogP contribution in [0.1, 0.15) is 1.37 Å². The van der Waals surface area contributed by atoms with Crippen LogP contribution < -0.4 is 0 Å². The van der Waals surface area contributed by atoms with Gasteiger partial charge in [-0.1, -0.05) is 0 Å². The fourth-order valence-corrected chi connectivity index (χ4v) is 1.81. The van der Waals surface area contributed by atoms with Gasteiger partial charge in [0, 0.05) is 0 Å². The van der Waals surface area contributed by atoms with Gasteiger partial charge in [-0.05, 0) is 0 Å². The summed E-state index contributed by atoms with van der Waals surface area (Å²) in [6.45, 7) is 0. The molecule has 0 saturated heterocycles. The van der Waals surface area contributed by atoms with E-state index in [4.69, 9.17) is 5.55 Å². The maximum absolute atomic E-state index is 6.85. The molecule has 1 rings (SSSR count). The first-order valence-electron chi connectivity index (χ1n) is 3.44. The number of hydrogen-bond donors (Lipinski definition) is 0. The Balaban J connectivity index is 2.69. The van der Waals surface area contributed by atoms with Crippen molar-refractivity contribution in [2.75, 3.05) is 7.09 Å². The molecule has 0 saturated carbocycles. The molecule has 3 heteroatoms. The van der Waals surface area contributed by atoms with Gasteiger partial charge in [0.1, 0.15) is 0 Å². The first kappa shape index (κ1) is 6.74. The van der Waals surface area contributed by atoms with Gasteiger partial charge in [0.15, 0.2) is 0 Å². The second kappa shape index (κ2) is 4.04. The van der Waals surface area contributed by atoms with Gasteiger partial charge >= 0.3 is 71.4 Å². The van der Waals surface area contributed by atoms with Crippen LogP contribution in [-0.2, 0) is 4.18 Å². The summed E-state index contributed by atoms with van der Waals surface area (Å²) in [5, 5.41) is 0. The topological polar surface area (TPSA) is 9.23 Å². The Bertz CT molecular complexity index is 239. The van der Waals surface area contributed by atoms with Crippen LogP contribution in [0.5, 0.6) is 0 Å². The predicted octanol–water partition coefficient (Wildman–Crippen LogP) is 1.96. The number of benzene rings is 1. The standard InChI is InChI=1S/C7H8OSSe/c1-8-9(10)7-5-3-2-4-6-7/h2-6H,1H3/i1D. The second-order valence-corrected chi connectivity index (χ2v) is 4.75. The molecule has 0 aliphatic heterocycles.